The molecule has 0 radical (unpaired) electrons. The van der Waals surface area contributed by atoms with E-state index in [2.05, 4.69) is 32.2 Å². The maximum absolute atomic E-state index is 12.1. The molecule has 3 heteroatoms. The molecule has 0 aliphatic carbocycles. The zero-order valence-electron chi connectivity index (χ0n) is 11.2. The third kappa shape index (κ3) is 4.60. The number of rotatable bonds is 6. The Balaban J connectivity index is 2.50. The fourth-order valence-electron chi connectivity index (χ4n) is 1.64. The monoisotopic (exact) mass is 253 g/mol. The summed E-state index contributed by atoms with van der Waals surface area (Å²) in [5.74, 6) is 0.758. The summed E-state index contributed by atoms with van der Waals surface area (Å²) in [4.78, 5) is 0.963. The smallest absolute Gasteiger partial charge is 0.0529 e. The maximum atomic E-state index is 12.1. The van der Waals surface area contributed by atoms with Crippen molar-refractivity contribution in [2.45, 2.75) is 44.6 Å². The van der Waals surface area contributed by atoms with Gasteiger partial charge < -0.3 is 5.32 Å². The molecule has 0 saturated heterocycles. The molecule has 0 heterocycles. The van der Waals surface area contributed by atoms with E-state index in [0.717, 1.165) is 23.5 Å². The minimum absolute atomic E-state index is 0.506. The van der Waals surface area contributed by atoms with Crippen LogP contribution < -0.4 is 5.32 Å². The van der Waals surface area contributed by atoms with Gasteiger partial charge in [-0.15, -0.1) is 0 Å². The predicted molar refractivity (Wildman–Crippen MR) is 74.9 cm³/mol. The Labute approximate surface area is 107 Å². The third-order valence-corrected chi connectivity index (χ3v) is 4.64. The summed E-state index contributed by atoms with van der Waals surface area (Å²) in [6, 6.07) is 6.60. The van der Waals surface area contributed by atoms with Gasteiger partial charge in [-0.3, -0.25) is 4.21 Å². The SMILES string of the molecule is CNC(C)CCCS(=O)c1ccc(C)c(C)c1. The lowest BCUT2D eigenvalue weighted by molar-refractivity contribution is 0.557. The van der Waals surface area contributed by atoms with Crippen LogP contribution in [-0.2, 0) is 10.8 Å². The normalized spacial score (nSPS) is 14.6. The third-order valence-electron chi connectivity index (χ3n) is 3.20. The predicted octanol–water partition coefficient (Wildman–Crippen LogP) is 2.80. The van der Waals surface area contributed by atoms with Gasteiger partial charge in [0.05, 0.1) is 10.8 Å². The number of benzene rings is 1. The van der Waals surface area contributed by atoms with Crippen LogP contribution in [0.2, 0.25) is 0 Å². The largest absolute Gasteiger partial charge is 0.317 e. The van der Waals surface area contributed by atoms with E-state index in [1.54, 1.807) is 0 Å². The van der Waals surface area contributed by atoms with Crippen molar-refractivity contribution in [1.29, 1.82) is 0 Å². The average Bonchev–Trinajstić information content (AvgIpc) is 2.32. The van der Waals surface area contributed by atoms with E-state index in [1.165, 1.54) is 11.1 Å². The molecule has 1 aromatic carbocycles. The van der Waals surface area contributed by atoms with Crippen molar-refractivity contribution in [3.8, 4) is 0 Å². The fraction of sp³-hybridized carbons (Fsp3) is 0.571. The summed E-state index contributed by atoms with van der Waals surface area (Å²) in [6.45, 7) is 6.30. The van der Waals surface area contributed by atoms with Crippen LogP contribution in [0.25, 0.3) is 0 Å². The first-order chi connectivity index (χ1) is 8.04. The van der Waals surface area contributed by atoms with Crippen molar-refractivity contribution in [1.82, 2.24) is 5.32 Å². The highest BCUT2D eigenvalue weighted by atomic mass is 32.2. The van der Waals surface area contributed by atoms with E-state index in [1.807, 2.05) is 19.2 Å². The lowest BCUT2D eigenvalue weighted by atomic mass is 10.1. The van der Waals surface area contributed by atoms with Crippen LogP contribution in [0.3, 0.4) is 0 Å². The lowest BCUT2D eigenvalue weighted by Crippen LogP contribution is -2.21. The molecule has 1 aromatic rings. The first kappa shape index (κ1) is 14.4. The highest BCUT2D eigenvalue weighted by Gasteiger charge is 2.06. The van der Waals surface area contributed by atoms with Crippen LogP contribution in [0.5, 0.6) is 0 Å². The van der Waals surface area contributed by atoms with Crippen molar-refractivity contribution in [2.24, 2.45) is 0 Å². The minimum Gasteiger partial charge on any atom is -0.317 e. The summed E-state index contributed by atoms with van der Waals surface area (Å²) < 4.78 is 12.1. The van der Waals surface area contributed by atoms with Crippen LogP contribution in [0.15, 0.2) is 23.1 Å². The summed E-state index contributed by atoms with van der Waals surface area (Å²) in [5.41, 5.74) is 2.48. The molecule has 1 N–H and O–H groups in total. The average molecular weight is 253 g/mol. The molecule has 17 heavy (non-hydrogen) atoms. The highest BCUT2D eigenvalue weighted by molar-refractivity contribution is 7.85. The maximum Gasteiger partial charge on any atom is 0.0529 e. The molecule has 0 fully saturated rings. The topological polar surface area (TPSA) is 29.1 Å². The molecule has 0 aliphatic rings. The molecular weight excluding hydrogens is 230 g/mol. The lowest BCUT2D eigenvalue weighted by Gasteiger charge is -2.09. The van der Waals surface area contributed by atoms with Gasteiger partial charge in [-0.1, -0.05) is 6.07 Å². The molecule has 96 valence electrons. The number of hydrogen-bond donors (Lipinski definition) is 1. The summed E-state index contributed by atoms with van der Waals surface area (Å²) in [5, 5.41) is 3.20. The number of aryl methyl sites for hydroxylation is 2. The van der Waals surface area contributed by atoms with Gasteiger partial charge in [0.2, 0.25) is 0 Å². The zero-order valence-corrected chi connectivity index (χ0v) is 12.1. The summed E-state index contributed by atoms with van der Waals surface area (Å²) in [6.07, 6.45) is 2.08. The van der Waals surface area contributed by atoms with Crippen molar-refractivity contribution >= 4 is 10.8 Å². The van der Waals surface area contributed by atoms with Gasteiger partial charge in [0.25, 0.3) is 0 Å². The van der Waals surface area contributed by atoms with Gasteiger partial charge in [-0.05, 0) is 63.9 Å². The Hall–Kier alpha value is -0.670. The molecule has 2 atom stereocenters. The van der Waals surface area contributed by atoms with Gasteiger partial charge in [0.15, 0.2) is 0 Å². The first-order valence-corrected chi connectivity index (χ1v) is 7.49. The van der Waals surface area contributed by atoms with Crippen molar-refractivity contribution < 1.29 is 4.21 Å². The highest BCUT2D eigenvalue weighted by Crippen LogP contribution is 2.14. The molecular formula is C14H23NOS. The molecule has 0 bridgehead atoms. The summed E-state index contributed by atoms with van der Waals surface area (Å²) in [7, 11) is 1.12. The molecule has 2 unspecified atom stereocenters. The fourth-order valence-corrected chi connectivity index (χ4v) is 2.83. The van der Waals surface area contributed by atoms with Gasteiger partial charge in [-0.25, -0.2) is 0 Å². The van der Waals surface area contributed by atoms with E-state index in [0.29, 0.717) is 6.04 Å². The van der Waals surface area contributed by atoms with Gasteiger partial charge in [-0.2, -0.15) is 0 Å². The van der Waals surface area contributed by atoms with E-state index in [9.17, 15) is 4.21 Å². The van der Waals surface area contributed by atoms with Gasteiger partial charge in [0.1, 0.15) is 0 Å². The zero-order chi connectivity index (χ0) is 12.8. The minimum atomic E-state index is -0.848. The second-order valence-corrected chi connectivity index (χ2v) is 6.20. The number of hydrogen-bond acceptors (Lipinski definition) is 2. The summed E-state index contributed by atoms with van der Waals surface area (Å²) >= 11 is 0. The molecule has 2 nitrogen and oxygen atoms in total. The van der Waals surface area contributed by atoms with Crippen LogP contribution >= 0.6 is 0 Å². The van der Waals surface area contributed by atoms with Crippen LogP contribution in [0.4, 0.5) is 0 Å². The Morgan fingerprint density at radius 2 is 2.00 bits per heavy atom. The van der Waals surface area contributed by atoms with Crippen LogP contribution in [0.1, 0.15) is 30.9 Å². The Morgan fingerprint density at radius 3 is 2.59 bits per heavy atom. The Bertz CT molecular complexity index is 390. The van der Waals surface area contributed by atoms with Gasteiger partial charge >= 0.3 is 0 Å². The van der Waals surface area contributed by atoms with E-state index >= 15 is 0 Å². The first-order valence-electron chi connectivity index (χ1n) is 6.17. The van der Waals surface area contributed by atoms with Crippen LogP contribution in [-0.4, -0.2) is 23.1 Å². The van der Waals surface area contributed by atoms with Crippen molar-refractivity contribution in [3.05, 3.63) is 29.3 Å². The Morgan fingerprint density at radius 1 is 1.29 bits per heavy atom. The molecule has 0 saturated carbocycles. The molecule has 0 spiro atoms. The standard InChI is InChI=1S/C14H23NOS/c1-11-7-8-14(10-12(11)2)17(16)9-5-6-13(3)15-4/h7-8,10,13,15H,5-6,9H2,1-4H3. The second kappa shape index (κ2) is 6.92. The quantitative estimate of drug-likeness (QED) is 0.844. The van der Waals surface area contributed by atoms with E-state index in [4.69, 9.17) is 0 Å². The van der Waals surface area contributed by atoms with Crippen LogP contribution in [0, 0.1) is 13.8 Å². The second-order valence-electron chi connectivity index (χ2n) is 4.63. The Kier molecular flexibility index (Phi) is 5.86. The number of nitrogens with one attached hydrogen (secondary N) is 1. The molecule has 1 rings (SSSR count). The van der Waals surface area contributed by atoms with Gasteiger partial charge in [0, 0.05) is 16.7 Å². The van der Waals surface area contributed by atoms with Crippen molar-refractivity contribution in [3.63, 3.8) is 0 Å². The molecule has 0 aromatic heterocycles. The molecule has 0 amide bonds. The molecule has 0 aliphatic heterocycles. The van der Waals surface area contributed by atoms with E-state index < -0.39 is 10.8 Å². The van der Waals surface area contributed by atoms with E-state index in [-0.39, 0.29) is 0 Å². The van der Waals surface area contributed by atoms with Crippen molar-refractivity contribution in [2.75, 3.05) is 12.8 Å².